The van der Waals surface area contributed by atoms with Crippen LogP contribution in [0.2, 0.25) is 0 Å². The molecular weight excluding hydrogens is 300 g/mol. The van der Waals surface area contributed by atoms with Gasteiger partial charge in [0.15, 0.2) is 0 Å². The van der Waals surface area contributed by atoms with Crippen molar-refractivity contribution in [3.8, 4) is 5.75 Å². The van der Waals surface area contributed by atoms with E-state index in [0.29, 0.717) is 13.2 Å². The van der Waals surface area contributed by atoms with Crippen molar-refractivity contribution in [1.82, 2.24) is 0 Å². The lowest BCUT2D eigenvalue weighted by atomic mass is 10.1. The van der Waals surface area contributed by atoms with Crippen molar-refractivity contribution < 1.29 is 17.9 Å². The first-order chi connectivity index (χ1) is 9.54. The summed E-state index contributed by atoms with van der Waals surface area (Å²) in [6.45, 7) is 0.757. The summed E-state index contributed by atoms with van der Waals surface area (Å²) in [4.78, 5) is 0. The van der Waals surface area contributed by atoms with Gasteiger partial charge in [-0.3, -0.25) is 0 Å². The maximum atomic E-state index is 10.7. The molecule has 0 bridgehead atoms. The highest BCUT2D eigenvalue weighted by Crippen LogP contribution is 2.20. The molecule has 0 fully saturated rings. The lowest BCUT2D eigenvalue weighted by Crippen LogP contribution is -2.11. The Kier molecular flexibility index (Phi) is 5.23. The molecule has 0 amide bonds. The first-order valence-electron chi connectivity index (χ1n) is 6.16. The Morgan fingerprint density at radius 1 is 0.950 bits per heavy atom. The minimum Gasteiger partial charge on any atom is -0.491 e. The van der Waals surface area contributed by atoms with E-state index < -0.39 is 9.05 Å². The predicted molar refractivity (Wildman–Crippen MR) is 79.9 cm³/mol. The summed E-state index contributed by atoms with van der Waals surface area (Å²) in [5, 5.41) is 2.27. The number of benzene rings is 2. The minimum absolute atomic E-state index is 0.0763. The van der Waals surface area contributed by atoms with Crippen molar-refractivity contribution >= 4 is 30.5 Å². The van der Waals surface area contributed by atoms with E-state index in [4.69, 9.17) is 20.2 Å². The van der Waals surface area contributed by atoms with Gasteiger partial charge in [0, 0.05) is 10.7 Å². The monoisotopic (exact) mass is 314 g/mol. The molecule has 0 aliphatic heterocycles. The van der Waals surface area contributed by atoms with Crippen molar-refractivity contribution in [3.05, 3.63) is 42.5 Å². The average Bonchev–Trinajstić information content (AvgIpc) is 2.41. The second-order valence-corrected chi connectivity index (χ2v) is 7.11. The van der Waals surface area contributed by atoms with E-state index in [1.165, 1.54) is 0 Å². The second-order valence-electron chi connectivity index (χ2n) is 4.21. The quantitative estimate of drug-likeness (QED) is 0.582. The van der Waals surface area contributed by atoms with E-state index >= 15 is 0 Å². The van der Waals surface area contributed by atoms with Gasteiger partial charge < -0.3 is 9.47 Å². The van der Waals surface area contributed by atoms with Crippen LogP contribution >= 0.6 is 10.7 Å². The lowest BCUT2D eigenvalue weighted by Gasteiger charge is -2.07. The van der Waals surface area contributed by atoms with E-state index in [1.807, 2.05) is 42.5 Å². The third-order valence-corrected chi connectivity index (χ3v) is 3.81. The Bertz CT molecular complexity index is 670. The molecule has 0 atom stereocenters. The van der Waals surface area contributed by atoms with Crippen LogP contribution in [0.25, 0.3) is 10.8 Å². The maximum absolute atomic E-state index is 10.7. The number of fused-ring (bicyclic) bond motifs is 1. The molecule has 0 aromatic heterocycles. The van der Waals surface area contributed by atoms with Crippen LogP contribution in [0, 0.1) is 0 Å². The van der Waals surface area contributed by atoms with Crippen molar-refractivity contribution in [3.63, 3.8) is 0 Å². The largest absolute Gasteiger partial charge is 0.491 e. The highest BCUT2D eigenvalue weighted by molar-refractivity contribution is 8.13. The normalized spacial score (nSPS) is 11.7. The van der Waals surface area contributed by atoms with Crippen molar-refractivity contribution in [2.24, 2.45) is 0 Å². The summed E-state index contributed by atoms with van der Waals surface area (Å²) in [5.74, 6) is 0.571. The first kappa shape index (κ1) is 15.1. The molecule has 2 aromatic carbocycles. The Morgan fingerprint density at radius 2 is 1.70 bits per heavy atom. The van der Waals surface area contributed by atoms with Crippen LogP contribution in [0.1, 0.15) is 0 Å². The molecule has 0 saturated carbocycles. The number of ether oxygens (including phenoxy) is 2. The molecule has 2 rings (SSSR count). The molecule has 0 aliphatic carbocycles. The van der Waals surface area contributed by atoms with E-state index in [-0.39, 0.29) is 12.4 Å². The van der Waals surface area contributed by atoms with Gasteiger partial charge in [-0.2, -0.15) is 0 Å². The van der Waals surface area contributed by atoms with E-state index in [2.05, 4.69) is 0 Å². The highest BCUT2D eigenvalue weighted by Gasteiger charge is 2.04. The Morgan fingerprint density at radius 3 is 2.45 bits per heavy atom. The molecule has 6 heteroatoms. The van der Waals surface area contributed by atoms with Gasteiger partial charge in [0.1, 0.15) is 12.4 Å². The van der Waals surface area contributed by atoms with Crippen LogP contribution < -0.4 is 4.74 Å². The number of halogens is 1. The van der Waals surface area contributed by atoms with Crippen LogP contribution in [-0.2, 0) is 13.8 Å². The smallest absolute Gasteiger partial charge is 0.234 e. The summed E-state index contributed by atoms with van der Waals surface area (Å²) in [5.41, 5.74) is 0. The molecule has 0 saturated heterocycles. The lowest BCUT2D eigenvalue weighted by molar-refractivity contribution is 0.111. The molecule has 0 radical (unpaired) electrons. The van der Waals surface area contributed by atoms with E-state index in [0.717, 1.165) is 16.5 Å². The highest BCUT2D eigenvalue weighted by atomic mass is 35.7. The molecular formula is C14H15ClO4S. The standard InChI is InChI=1S/C14H15ClO4S/c15-20(16,17)10-9-18-7-8-19-14-6-5-12-3-1-2-4-13(12)11-14/h1-6,11H,7-10H2. The van der Waals surface area contributed by atoms with Gasteiger partial charge in [-0.05, 0) is 22.9 Å². The fourth-order valence-corrected chi connectivity index (χ4v) is 2.24. The summed E-state index contributed by atoms with van der Waals surface area (Å²) >= 11 is 0. The second kappa shape index (κ2) is 6.92. The Hall–Kier alpha value is -1.30. The van der Waals surface area contributed by atoms with Crippen LogP contribution in [0.15, 0.2) is 42.5 Å². The zero-order valence-corrected chi connectivity index (χ0v) is 12.4. The van der Waals surface area contributed by atoms with Gasteiger partial charge in [-0.15, -0.1) is 0 Å². The molecule has 0 spiro atoms. The third-order valence-electron chi connectivity index (χ3n) is 2.69. The number of rotatable bonds is 7. The van der Waals surface area contributed by atoms with Crippen molar-refractivity contribution in [2.45, 2.75) is 0 Å². The van der Waals surface area contributed by atoms with E-state index in [1.54, 1.807) is 0 Å². The molecule has 0 aliphatic rings. The minimum atomic E-state index is -3.48. The maximum Gasteiger partial charge on any atom is 0.234 e. The molecule has 4 nitrogen and oxygen atoms in total. The van der Waals surface area contributed by atoms with E-state index in [9.17, 15) is 8.42 Å². The molecule has 2 aromatic rings. The van der Waals surface area contributed by atoms with Gasteiger partial charge in [0.25, 0.3) is 0 Å². The van der Waals surface area contributed by atoms with Crippen LogP contribution in [0.3, 0.4) is 0 Å². The Balaban J connectivity index is 1.76. The zero-order chi connectivity index (χ0) is 14.4. The fourth-order valence-electron chi connectivity index (χ4n) is 1.74. The van der Waals surface area contributed by atoms with Crippen molar-refractivity contribution in [2.75, 3.05) is 25.6 Å². The van der Waals surface area contributed by atoms with Crippen LogP contribution in [0.5, 0.6) is 5.75 Å². The first-order valence-corrected chi connectivity index (χ1v) is 8.64. The molecule has 108 valence electrons. The predicted octanol–water partition coefficient (Wildman–Crippen LogP) is 2.80. The molecule has 20 heavy (non-hydrogen) atoms. The Labute approximate surface area is 122 Å². The summed E-state index contributed by atoms with van der Waals surface area (Å²) in [7, 11) is 1.58. The summed E-state index contributed by atoms with van der Waals surface area (Å²) in [6, 6.07) is 13.9. The van der Waals surface area contributed by atoms with Gasteiger partial charge >= 0.3 is 0 Å². The topological polar surface area (TPSA) is 52.6 Å². The van der Waals surface area contributed by atoms with Crippen LogP contribution in [0.4, 0.5) is 0 Å². The van der Waals surface area contributed by atoms with Gasteiger partial charge in [0.05, 0.1) is 19.0 Å². The molecule has 0 unspecified atom stereocenters. The fraction of sp³-hybridized carbons (Fsp3) is 0.286. The molecule has 0 heterocycles. The van der Waals surface area contributed by atoms with Gasteiger partial charge in [-0.25, -0.2) is 8.42 Å². The zero-order valence-electron chi connectivity index (χ0n) is 10.8. The van der Waals surface area contributed by atoms with Crippen LogP contribution in [-0.4, -0.2) is 34.0 Å². The average molecular weight is 315 g/mol. The SMILES string of the molecule is O=S(=O)(Cl)CCOCCOc1ccc2ccccc2c1. The van der Waals surface area contributed by atoms with Gasteiger partial charge in [-0.1, -0.05) is 30.3 Å². The van der Waals surface area contributed by atoms with Crippen molar-refractivity contribution in [1.29, 1.82) is 0 Å². The summed E-state index contributed by atoms with van der Waals surface area (Å²) < 4.78 is 32.0. The summed E-state index contributed by atoms with van der Waals surface area (Å²) in [6.07, 6.45) is 0. The number of hydrogen-bond acceptors (Lipinski definition) is 4. The third kappa shape index (κ3) is 5.00. The van der Waals surface area contributed by atoms with Gasteiger partial charge in [0.2, 0.25) is 9.05 Å². The molecule has 0 N–H and O–H groups in total. The number of hydrogen-bond donors (Lipinski definition) is 0.